The summed E-state index contributed by atoms with van der Waals surface area (Å²) in [7, 11) is 6.04. The summed E-state index contributed by atoms with van der Waals surface area (Å²) in [5, 5.41) is 17.7. The molecule has 1 heterocycles. The minimum Gasteiger partial charge on any atom is -0.396 e. The highest BCUT2D eigenvalue weighted by Crippen LogP contribution is 2.21. The lowest BCUT2D eigenvalue weighted by atomic mass is 9.98. The highest BCUT2D eigenvalue weighted by atomic mass is 16.3. The molecule has 1 aromatic heterocycles. The molecular formula is C19H30N4O. The largest absolute Gasteiger partial charge is 0.396 e. The number of hydrogen-bond donors (Lipinski definition) is 2. The zero-order chi connectivity index (χ0) is 17.7. The Kier molecular flexibility index (Phi) is 6.40. The minimum absolute atomic E-state index is 0.188. The summed E-state index contributed by atoms with van der Waals surface area (Å²) in [5.41, 5.74) is 4.81. The SMILES string of the molecule is Cc1cccc(CC(CO)CNCc2c(C)nn(C)c2N(C)C)c1. The number of aryl methyl sites for hydroxylation is 3. The smallest absolute Gasteiger partial charge is 0.130 e. The molecule has 5 nitrogen and oxygen atoms in total. The lowest BCUT2D eigenvalue weighted by Crippen LogP contribution is -2.27. The Labute approximate surface area is 145 Å². The van der Waals surface area contributed by atoms with Gasteiger partial charge < -0.3 is 15.3 Å². The molecule has 0 saturated heterocycles. The van der Waals surface area contributed by atoms with Gasteiger partial charge in [-0.05, 0) is 31.7 Å². The van der Waals surface area contributed by atoms with Crippen molar-refractivity contribution in [1.82, 2.24) is 15.1 Å². The number of nitrogens with zero attached hydrogens (tertiary/aromatic N) is 3. The van der Waals surface area contributed by atoms with Crippen LogP contribution in [0.15, 0.2) is 24.3 Å². The molecule has 2 aromatic rings. The third-order valence-corrected chi connectivity index (χ3v) is 4.34. The summed E-state index contributed by atoms with van der Waals surface area (Å²) in [6, 6.07) is 8.50. The lowest BCUT2D eigenvalue weighted by molar-refractivity contribution is 0.221. The van der Waals surface area contributed by atoms with E-state index in [-0.39, 0.29) is 12.5 Å². The Hall–Kier alpha value is -1.85. The van der Waals surface area contributed by atoms with Gasteiger partial charge in [0, 0.05) is 46.4 Å². The van der Waals surface area contributed by atoms with Crippen LogP contribution in [0.1, 0.15) is 22.4 Å². The molecule has 0 saturated carbocycles. The Morgan fingerprint density at radius 1 is 1.29 bits per heavy atom. The summed E-state index contributed by atoms with van der Waals surface area (Å²) in [5.74, 6) is 1.34. The van der Waals surface area contributed by atoms with E-state index in [4.69, 9.17) is 0 Å². The van der Waals surface area contributed by atoms with E-state index in [1.807, 2.05) is 32.7 Å². The van der Waals surface area contributed by atoms with Crippen molar-refractivity contribution in [2.24, 2.45) is 13.0 Å². The van der Waals surface area contributed by atoms with Crippen LogP contribution in [0, 0.1) is 19.8 Å². The topological polar surface area (TPSA) is 53.3 Å². The van der Waals surface area contributed by atoms with Crippen molar-refractivity contribution in [3.05, 3.63) is 46.6 Å². The molecule has 0 aliphatic carbocycles. The number of aliphatic hydroxyl groups excluding tert-OH is 1. The van der Waals surface area contributed by atoms with Crippen LogP contribution in [0.3, 0.4) is 0 Å². The fourth-order valence-electron chi connectivity index (χ4n) is 3.23. The fourth-order valence-corrected chi connectivity index (χ4v) is 3.23. The normalized spacial score (nSPS) is 12.4. The van der Waals surface area contributed by atoms with Gasteiger partial charge in [0.2, 0.25) is 0 Å². The van der Waals surface area contributed by atoms with Crippen LogP contribution >= 0.6 is 0 Å². The van der Waals surface area contributed by atoms with Gasteiger partial charge in [-0.2, -0.15) is 5.10 Å². The van der Waals surface area contributed by atoms with Crippen LogP contribution in [0.4, 0.5) is 5.82 Å². The van der Waals surface area contributed by atoms with Gasteiger partial charge in [0.25, 0.3) is 0 Å². The molecule has 5 heteroatoms. The van der Waals surface area contributed by atoms with Crippen LogP contribution in [0.5, 0.6) is 0 Å². The molecular weight excluding hydrogens is 300 g/mol. The summed E-state index contributed by atoms with van der Waals surface area (Å²) in [6.45, 7) is 5.88. The predicted molar refractivity (Wildman–Crippen MR) is 99.4 cm³/mol. The average molecular weight is 330 g/mol. The third kappa shape index (κ3) is 4.58. The van der Waals surface area contributed by atoms with Gasteiger partial charge in [0.15, 0.2) is 0 Å². The second-order valence-corrected chi connectivity index (χ2v) is 6.78. The molecule has 2 rings (SSSR count). The number of rotatable bonds is 8. The van der Waals surface area contributed by atoms with E-state index in [1.54, 1.807) is 0 Å². The van der Waals surface area contributed by atoms with Crippen LogP contribution in [-0.4, -0.2) is 42.1 Å². The maximum Gasteiger partial charge on any atom is 0.130 e. The number of hydrogen-bond acceptors (Lipinski definition) is 4. The predicted octanol–water partition coefficient (Wildman–Crippen LogP) is 2.04. The molecule has 0 bridgehead atoms. The minimum atomic E-state index is 0.188. The summed E-state index contributed by atoms with van der Waals surface area (Å²) >= 11 is 0. The summed E-state index contributed by atoms with van der Waals surface area (Å²) < 4.78 is 1.92. The standard InChI is InChI=1S/C19H30N4O/c1-14-7-6-8-16(9-14)10-17(13-24)11-20-12-18-15(2)21-23(5)19(18)22(3)4/h6-9,17,20,24H,10-13H2,1-5H3. The van der Waals surface area contributed by atoms with Crippen LogP contribution in [0.25, 0.3) is 0 Å². The highest BCUT2D eigenvalue weighted by Gasteiger charge is 2.15. The first-order valence-electron chi connectivity index (χ1n) is 8.49. The Bertz CT molecular complexity index is 663. The van der Waals surface area contributed by atoms with Crippen molar-refractivity contribution in [1.29, 1.82) is 0 Å². The number of nitrogens with one attached hydrogen (secondary N) is 1. The lowest BCUT2D eigenvalue weighted by Gasteiger charge is -2.18. The molecule has 0 aliphatic rings. The summed E-state index contributed by atoms with van der Waals surface area (Å²) in [6.07, 6.45) is 0.887. The first kappa shape index (κ1) is 18.5. The molecule has 1 atom stereocenters. The molecule has 2 N–H and O–H groups in total. The van der Waals surface area contributed by atoms with Crippen molar-refractivity contribution >= 4 is 5.82 Å². The average Bonchev–Trinajstić information content (AvgIpc) is 2.80. The van der Waals surface area contributed by atoms with Gasteiger partial charge in [-0.15, -0.1) is 0 Å². The van der Waals surface area contributed by atoms with Gasteiger partial charge in [-0.25, -0.2) is 0 Å². The molecule has 0 radical (unpaired) electrons. The molecule has 0 spiro atoms. The number of aromatic nitrogens is 2. The molecule has 1 unspecified atom stereocenters. The molecule has 0 aliphatic heterocycles. The van der Waals surface area contributed by atoms with Crippen molar-refractivity contribution in [2.45, 2.75) is 26.8 Å². The van der Waals surface area contributed by atoms with E-state index < -0.39 is 0 Å². The van der Waals surface area contributed by atoms with E-state index in [0.29, 0.717) is 0 Å². The van der Waals surface area contributed by atoms with E-state index in [0.717, 1.165) is 31.0 Å². The zero-order valence-corrected chi connectivity index (χ0v) is 15.5. The van der Waals surface area contributed by atoms with Crippen LogP contribution in [-0.2, 0) is 20.0 Å². The third-order valence-electron chi connectivity index (χ3n) is 4.34. The van der Waals surface area contributed by atoms with Crippen LogP contribution in [0.2, 0.25) is 0 Å². The fraction of sp³-hybridized carbons (Fsp3) is 0.526. The first-order chi connectivity index (χ1) is 11.4. The molecule has 1 aromatic carbocycles. The number of benzene rings is 1. The van der Waals surface area contributed by atoms with E-state index >= 15 is 0 Å². The van der Waals surface area contributed by atoms with Crippen molar-refractivity contribution in [3.8, 4) is 0 Å². The van der Waals surface area contributed by atoms with E-state index in [9.17, 15) is 5.11 Å². The van der Waals surface area contributed by atoms with Gasteiger partial charge in [0.1, 0.15) is 5.82 Å². The Balaban J connectivity index is 1.95. The van der Waals surface area contributed by atoms with E-state index in [1.165, 1.54) is 16.7 Å². The maximum atomic E-state index is 9.69. The first-order valence-corrected chi connectivity index (χ1v) is 8.49. The van der Waals surface area contributed by atoms with E-state index in [2.05, 4.69) is 46.5 Å². The Morgan fingerprint density at radius 3 is 2.67 bits per heavy atom. The van der Waals surface area contributed by atoms with Crippen molar-refractivity contribution in [2.75, 3.05) is 32.1 Å². The van der Waals surface area contributed by atoms with Gasteiger partial charge >= 0.3 is 0 Å². The maximum absolute atomic E-state index is 9.69. The molecule has 0 fully saturated rings. The van der Waals surface area contributed by atoms with Gasteiger partial charge in [-0.1, -0.05) is 29.8 Å². The van der Waals surface area contributed by atoms with Gasteiger partial charge in [0.05, 0.1) is 5.69 Å². The van der Waals surface area contributed by atoms with Crippen molar-refractivity contribution < 1.29 is 5.11 Å². The monoisotopic (exact) mass is 330 g/mol. The molecule has 132 valence electrons. The Morgan fingerprint density at radius 2 is 2.04 bits per heavy atom. The summed E-state index contributed by atoms with van der Waals surface area (Å²) in [4.78, 5) is 2.09. The van der Waals surface area contributed by atoms with Crippen molar-refractivity contribution in [3.63, 3.8) is 0 Å². The van der Waals surface area contributed by atoms with Crippen LogP contribution < -0.4 is 10.2 Å². The van der Waals surface area contributed by atoms with Gasteiger partial charge in [-0.3, -0.25) is 4.68 Å². The number of anilines is 1. The highest BCUT2D eigenvalue weighted by molar-refractivity contribution is 5.48. The number of aliphatic hydroxyl groups is 1. The second kappa shape index (κ2) is 8.31. The zero-order valence-electron chi connectivity index (χ0n) is 15.5. The molecule has 0 amide bonds. The quantitative estimate of drug-likeness (QED) is 0.778. The second-order valence-electron chi connectivity index (χ2n) is 6.78. The molecule has 24 heavy (non-hydrogen) atoms.